The Morgan fingerprint density at radius 3 is 1.50 bits per heavy atom. The molecule has 7 aromatic carbocycles. The van der Waals surface area contributed by atoms with Crippen molar-refractivity contribution in [2.45, 2.75) is 44.4 Å². The van der Waals surface area contributed by atoms with E-state index in [4.69, 9.17) is 15.0 Å². The number of hydrogen-bond acceptors (Lipinski definition) is 4. The zero-order chi connectivity index (χ0) is 37.4. The molecule has 2 bridgehead atoms. The highest BCUT2D eigenvalue weighted by Crippen LogP contribution is 2.72. The van der Waals surface area contributed by atoms with E-state index in [2.05, 4.69) is 140 Å². The summed E-state index contributed by atoms with van der Waals surface area (Å²) in [6.45, 7) is 2.58. The van der Waals surface area contributed by atoms with Gasteiger partial charge in [0.15, 0.2) is 17.5 Å². The highest BCUT2D eigenvalue weighted by molar-refractivity contribution is 6.21. The van der Waals surface area contributed by atoms with E-state index in [1.807, 2.05) is 24.3 Å². The predicted octanol–water partition coefficient (Wildman–Crippen LogP) is 12.9. The van der Waals surface area contributed by atoms with Crippen LogP contribution in [0.1, 0.15) is 50.2 Å². The van der Waals surface area contributed by atoms with E-state index in [0.29, 0.717) is 33.9 Å². The van der Waals surface area contributed by atoms with Crippen LogP contribution in [-0.2, 0) is 5.41 Å². The van der Waals surface area contributed by atoms with Crippen LogP contribution in [0.4, 0.5) is 0 Å². The van der Waals surface area contributed by atoms with Gasteiger partial charge in [-0.25, -0.2) is 15.0 Å². The minimum absolute atomic E-state index is 0.378. The SMILES string of the molecule is CC12CC3(c4ccc(-c5ccc(-c6nc(-c7ccc(C#N)cc7)nc(-c7c(-c8ccccc8)c8ccccc8c8ccccc78)n6)cc5)cc4)C[C@H]1CC[C@H]2C3. The number of hydrogen-bond donors (Lipinski definition) is 0. The molecule has 3 fully saturated rings. The summed E-state index contributed by atoms with van der Waals surface area (Å²) in [7, 11) is 0. The second-order valence-corrected chi connectivity index (χ2v) is 16.7. The van der Waals surface area contributed by atoms with Gasteiger partial charge in [0.1, 0.15) is 0 Å². The average molecular weight is 721 g/mol. The molecule has 56 heavy (non-hydrogen) atoms. The van der Waals surface area contributed by atoms with Gasteiger partial charge in [-0.15, -0.1) is 0 Å². The molecule has 0 amide bonds. The maximum atomic E-state index is 9.54. The van der Waals surface area contributed by atoms with Gasteiger partial charge in [0.05, 0.1) is 11.6 Å². The monoisotopic (exact) mass is 720 g/mol. The summed E-state index contributed by atoms with van der Waals surface area (Å²) in [5.74, 6) is 3.59. The quantitative estimate of drug-likeness (QED) is 0.160. The lowest BCUT2D eigenvalue weighted by Crippen LogP contribution is -2.26. The Labute approximate surface area is 327 Å². The van der Waals surface area contributed by atoms with Crippen molar-refractivity contribution in [2.24, 2.45) is 17.3 Å². The lowest BCUT2D eigenvalue weighted by atomic mass is 9.72. The van der Waals surface area contributed by atoms with Gasteiger partial charge in [-0.05, 0) is 123 Å². The van der Waals surface area contributed by atoms with E-state index < -0.39 is 0 Å². The molecule has 4 heteroatoms. The van der Waals surface area contributed by atoms with Gasteiger partial charge >= 0.3 is 0 Å². The van der Waals surface area contributed by atoms with Crippen molar-refractivity contribution >= 4 is 21.5 Å². The maximum absolute atomic E-state index is 9.54. The first-order chi connectivity index (χ1) is 27.5. The Balaban J connectivity index is 1.04. The Kier molecular flexibility index (Phi) is 7.38. The first kappa shape index (κ1) is 32.9. The lowest BCUT2D eigenvalue weighted by Gasteiger charge is -2.33. The third-order valence-electron chi connectivity index (χ3n) is 13.8. The van der Waals surface area contributed by atoms with Crippen LogP contribution < -0.4 is 0 Å². The van der Waals surface area contributed by atoms with Crippen molar-refractivity contribution in [1.82, 2.24) is 15.0 Å². The number of benzene rings is 7. The molecule has 4 nitrogen and oxygen atoms in total. The van der Waals surface area contributed by atoms with Crippen molar-refractivity contribution in [3.63, 3.8) is 0 Å². The van der Waals surface area contributed by atoms with Crippen LogP contribution in [0.25, 0.3) is 78.0 Å². The lowest BCUT2D eigenvalue weighted by molar-refractivity contribution is 0.195. The first-order valence-electron chi connectivity index (χ1n) is 20.0. The summed E-state index contributed by atoms with van der Waals surface area (Å²) < 4.78 is 0. The van der Waals surface area contributed by atoms with E-state index in [0.717, 1.165) is 55.8 Å². The van der Waals surface area contributed by atoms with Gasteiger partial charge in [-0.1, -0.05) is 134 Å². The fourth-order valence-corrected chi connectivity index (χ4v) is 11.1. The smallest absolute Gasteiger partial charge is 0.165 e. The Morgan fingerprint density at radius 1 is 0.482 bits per heavy atom. The molecule has 0 aliphatic heterocycles. The largest absolute Gasteiger partial charge is 0.208 e. The molecule has 0 spiro atoms. The predicted molar refractivity (Wildman–Crippen MR) is 227 cm³/mol. The van der Waals surface area contributed by atoms with Crippen LogP contribution in [0, 0.1) is 28.6 Å². The van der Waals surface area contributed by atoms with Crippen LogP contribution in [0.15, 0.2) is 152 Å². The molecule has 3 saturated carbocycles. The minimum atomic E-state index is 0.378. The van der Waals surface area contributed by atoms with Gasteiger partial charge < -0.3 is 0 Å². The normalized spacial score (nSPS) is 22.1. The maximum Gasteiger partial charge on any atom is 0.165 e. The van der Waals surface area contributed by atoms with E-state index in [1.165, 1.54) is 48.6 Å². The summed E-state index contributed by atoms with van der Waals surface area (Å²) in [5, 5.41) is 14.1. The summed E-state index contributed by atoms with van der Waals surface area (Å²) in [4.78, 5) is 15.6. The molecule has 3 aliphatic rings. The standard InChI is InChI=1S/C52H40N4/c1-51-32-52(29-40(51)27-28-41(51)30-52)39-25-23-35(24-26-39)34-19-21-38(22-20-34)49-54-48(37-17-15-33(31-53)16-18-37)55-50(56-49)47-45-14-8-6-12-43(45)42-11-5-7-13-44(42)46(47)36-9-3-2-4-10-36/h2-26,40-41H,27-30,32H2,1H3/t40-,41+,51?,52?. The number of nitriles is 1. The van der Waals surface area contributed by atoms with Crippen LogP contribution in [0.3, 0.4) is 0 Å². The van der Waals surface area contributed by atoms with Crippen LogP contribution in [-0.4, -0.2) is 15.0 Å². The van der Waals surface area contributed by atoms with Gasteiger partial charge in [0.2, 0.25) is 0 Å². The highest BCUT2D eigenvalue weighted by Gasteiger charge is 2.65. The average Bonchev–Trinajstić information content (AvgIpc) is 3.77. The van der Waals surface area contributed by atoms with Gasteiger partial charge in [-0.3, -0.25) is 0 Å². The van der Waals surface area contributed by atoms with E-state index in [9.17, 15) is 5.26 Å². The summed E-state index contributed by atoms with van der Waals surface area (Å²) >= 11 is 0. The molecule has 0 N–H and O–H groups in total. The third kappa shape index (κ3) is 5.07. The summed E-state index contributed by atoms with van der Waals surface area (Å²) in [5.41, 5.74) is 10.4. The number of fused-ring (bicyclic) bond motifs is 4. The van der Waals surface area contributed by atoms with Crippen LogP contribution in [0.5, 0.6) is 0 Å². The second kappa shape index (κ2) is 12.5. The molecular weight excluding hydrogens is 681 g/mol. The minimum Gasteiger partial charge on any atom is -0.208 e. The van der Waals surface area contributed by atoms with Gasteiger partial charge in [-0.2, -0.15) is 5.26 Å². The zero-order valence-corrected chi connectivity index (χ0v) is 31.4. The van der Waals surface area contributed by atoms with Crippen molar-refractivity contribution in [3.8, 4) is 62.5 Å². The number of nitrogens with zero attached hydrogens (tertiary/aromatic N) is 4. The molecule has 1 aromatic heterocycles. The van der Waals surface area contributed by atoms with Crippen molar-refractivity contribution < 1.29 is 0 Å². The van der Waals surface area contributed by atoms with E-state index in [1.54, 1.807) is 5.56 Å². The molecule has 0 radical (unpaired) electrons. The first-order valence-corrected chi connectivity index (χ1v) is 20.0. The number of aromatic nitrogens is 3. The Morgan fingerprint density at radius 2 is 0.946 bits per heavy atom. The fraction of sp³-hybridized carbons (Fsp3) is 0.192. The molecule has 0 saturated heterocycles. The Hall–Kier alpha value is -6.44. The molecule has 2 unspecified atom stereocenters. The molecule has 11 rings (SSSR count). The van der Waals surface area contributed by atoms with Crippen molar-refractivity contribution in [3.05, 3.63) is 163 Å². The summed E-state index contributed by atoms with van der Waals surface area (Å²) in [6, 6.07) is 55.6. The molecule has 268 valence electrons. The molecular formula is C52H40N4. The zero-order valence-electron chi connectivity index (χ0n) is 31.4. The van der Waals surface area contributed by atoms with Crippen LogP contribution >= 0.6 is 0 Å². The molecule has 3 aliphatic carbocycles. The fourth-order valence-electron chi connectivity index (χ4n) is 11.1. The Bertz CT molecular complexity index is 2840. The topological polar surface area (TPSA) is 62.5 Å². The molecule has 8 aromatic rings. The summed E-state index contributed by atoms with van der Waals surface area (Å²) in [6.07, 6.45) is 6.96. The van der Waals surface area contributed by atoms with Crippen molar-refractivity contribution in [2.75, 3.05) is 0 Å². The highest BCUT2D eigenvalue weighted by atomic mass is 15.0. The third-order valence-corrected chi connectivity index (χ3v) is 13.8. The van der Waals surface area contributed by atoms with E-state index >= 15 is 0 Å². The van der Waals surface area contributed by atoms with Crippen LogP contribution in [0.2, 0.25) is 0 Å². The second-order valence-electron chi connectivity index (χ2n) is 16.7. The van der Waals surface area contributed by atoms with Gasteiger partial charge in [0, 0.05) is 22.3 Å². The van der Waals surface area contributed by atoms with Gasteiger partial charge in [0.25, 0.3) is 0 Å². The molecule has 1 heterocycles. The molecule has 4 atom stereocenters. The van der Waals surface area contributed by atoms with Crippen molar-refractivity contribution in [1.29, 1.82) is 5.26 Å². The number of rotatable bonds is 6. The van der Waals surface area contributed by atoms with E-state index in [-0.39, 0.29) is 0 Å².